The molecule has 2 aromatic heterocycles. The average molecular weight is 398 g/mol. The van der Waals surface area contributed by atoms with Crippen LogP contribution in [0.2, 0.25) is 4.34 Å². The summed E-state index contributed by atoms with van der Waals surface area (Å²) in [6, 6.07) is 7.59. The minimum Gasteiger partial charge on any atom is -0.338 e. The molecule has 3 rings (SSSR count). The van der Waals surface area contributed by atoms with E-state index in [0.717, 1.165) is 14.1 Å². The van der Waals surface area contributed by atoms with Gasteiger partial charge in [-0.1, -0.05) is 17.7 Å². The Balaban J connectivity index is 1.45. The van der Waals surface area contributed by atoms with Crippen LogP contribution in [-0.2, 0) is 11.3 Å². The Labute approximate surface area is 160 Å². The van der Waals surface area contributed by atoms with Gasteiger partial charge in [0.15, 0.2) is 0 Å². The van der Waals surface area contributed by atoms with Crippen LogP contribution in [0.15, 0.2) is 29.6 Å². The molecule has 8 heteroatoms. The van der Waals surface area contributed by atoms with Crippen molar-refractivity contribution in [3.63, 3.8) is 0 Å². The van der Waals surface area contributed by atoms with Crippen molar-refractivity contribution in [1.29, 1.82) is 0 Å². The molecule has 1 fully saturated rings. The highest BCUT2D eigenvalue weighted by molar-refractivity contribution is 7.16. The highest BCUT2D eigenvalue weighted by Crippen LogP contribution is 2.22. The Morgan fingerprint density at radius 2 is 1.88 bits per heavy atom. The molecule has 2 amide bonds. The summed E-state index contributed by atoms with van der Waals surface area (Å²) < 4.78 is 0.765. The summed E-state index contributed by atoms with van der Waals surface area (Å²) in [4.78, 5) is 32.4. The molecule has 0 aliphatic carbocycles. The van der Waals surface area contributed by atoms with Gasteiger partial charge in [0, 0.05) is 37.6 Å². The lowest BCUT2D eigenvalue weighted by atomic mass is 10.2. The van der Waals surface area contributed by atoms with E-state index in [1.165, 1.54) is 22.7 Å². The molecule has 0 unspecified atom stereocenters. The van der Waals surface area contributed by atoms with Gasteiger partial charge in [-0.2, -0.15) is 0 Å². The largest absolute Gasteiger partial charge is 0.338 e. The second-order valence-corrected chi connectivity index (χ2v) is 8.78. The maximum Gasteiger partial charge on any atom is 0.264 e. The third kappa shape index (κ3) is 4.82. The lowest BCUT2D eigenvalue weighted by molar-refractivity contribution is -0.133. The van der Waals surface area contributed by atoms with Crippen LogP contribution in [0.4, 0.5) is 0 Å². The summed E-state index contributed by atoms with van der Waals surface area (Å²) in [5.74, 6) is 0.169. The van der Waals surface area contributed by atoms with Crippen molar-refractivity contribution in [2.24, 2.45) is 0 Å². The zero-order valence-electron chi connectivity index (χ0n) is 14.0. The van der Waals surface area contributed by atoms with Gasteiger partial charge in [0.1, 0.15) is 0 Å². The van der Waals surface area contributed by atoms with Crippen molar-refractivity contribution < 1.29 is 9.59 Å². The number of carbonyl (C=O) groups excluding carboxylic acids is 2. The Hall–Kier alpha value is -1.41. The van der Waals surface area contributed by atoms with E-state index in [9.17, 15) is 9.59 Å². The molecule has 0 aromatic carbocycles. The van der Waals surface area contributed by atoms with Gasteiger partial charge in [0.05, 0.1) is 15.8 Å². The number of halogens is 1. The van der Waals surface area contributed by atoms with Crippen molar-refractivity contribution in [2.45, 2.75) is 6.54 Å². The Kier molecular flexibility index (Phi) is 6.11. The second-order valence-electron chi connectivity index (χ2n) is 6.03. The van der Waals surface area contributed by atoms with E-state index in [-0.39, 0.29) is 11.8 Å². The van der Waals surface area contributed by atoms with Crippen LogP contribution in [-0.4, -0.2) is 66.3 Å². The van der Waals surface area contributed by atoms with E-state index >= 15 is 0 Å². The fraction of sp³-hybridized carbons (Fsp3) is 0.412. The predicted octanol–water partition coefficient (Wildman–Crippen LogP) is 2.88. The minimum absolute atomic E-state index is 0.0637. The smallest absolute Gasteiger partial charge is 0.264 e. The van der Waals surface area contributed by atoms with E-state index in [0.29, 0.717) is 39.3 Å². The molecule has 1 saturated heterocycles. The van der Waals surface area contributed by atoms with Gasteiger partial charge in [0.2, 0.25) is 5.91 Å². The number of rotatable bonds is 5. The predicted molar refractivity (Wildman–Crippen MR) is 102 cm³/mol. The Morgan fingerprint density at radius 3 is 2.48 bits per heavy atom. The topological polar surface area (TPSA) is 43.9 Å². The molecule has 2 aromatic rings. The third-order valence-corrected chi connectivity index (χ3v) is 6.19. The summed E-state index contributed by atoms with van der Waals surface area (Å²) in [5.41, 5.74) is 0. The molecular weight excluding hydrogens is 378 g/mol. The van der Waals surface area contributed by atoms with E-state index in [4.69, 9.17) is 11.6 Å². The van der Waals surface area contributed by atoms with Crippen LogP contribution < -0.4 is 0 Å². The van der Waals surface area contributed by atoms with Crippen molar-refractivity contribution in [2.75, 3.05) is 39.8 Å². The third-order valence-electron chi connectivity index (χ3n) is 4.11. The lowest BCUT2D eigenvalue weighted by Crippen LogP contribution is -2.52. The van der Waals surface area contributed by atoms with Gasteiger partial charge >= 0.3 is 0 Å². The molecule has 0 bridgehead atoms. The first-order valence-electron chi connectivity index (χ1n) is 8.06. The first-order valence-corrected chi connectivity index (χ1v) is 10.1. The Bertz CT molecular complexity index is 724. The monoisotopic (exact) mass is 397 g/mol. The van der Waals surface area contributed by atoms with E-state index < -0.39 is 0 Å². The fourth-order valence-electron chi connectivity index (χ4n) is 2.80. The molecule has 0 spiro atoms. The minimum atomic E-state index is 0.0637. The van der Waals surface area contributed by atoms with Crippen molar-refractivity contribution in [3.8, 4) is 0 Å². The maximum absolute atomic E-state index is 12.5. The summed E-state index contributed by atoms with van der Waals surface area (Å²) in [7, 11) is 1.93. The number of nitrogens with zero attached hydrogens (tertiary/aromatic N) is 3. The molecule has 0 radical (unpaired) electrons. The van der Waals surface area contributed by atoms with E-state index in [2.05, 4.69) is 0 Å². The number of thiophene rings is 2. The lowest BCUT2D eigenvalue weighted by Gasteiger charge is -2.35. The second kappa shape index (κ2) is 8.31. The molecule has 3 heterocycles. The number of carbonyl (C=O) groups is 2. The average Bonchev–Trinajstić information content (AvgIpc) is 3.26. The zero-order valence-corrected chi connectivity index (χ0v) is 16.4. The Morgan fingerprint density at radius 1 is 1.16 bits per heavy atom. The van der Waals surface area contributed by atoms with Crippen LogP contribution in [0.5, 0.6) is 0 Å². The van der Waals surface area contributed by atoms with Crippen molar-refractivity contribution in [3.05, 3.63) is 43.7 Å². The normalized spacial score (nSPS) is 15.0. The van der Waals surface area contributed by atoms with E-state index in [1.807, 2.05) is 51.4 Å². The number of hydrogen-bond donors (Lipinski definition) is 0. The summed E-state index contributed by atoms with van der Waals surface area (Å²) in [5, 5.41) is 1.91. The van der Waals surface area contributed by atoms with Gasteiger partial charge in [0.25, 0.3) is 5.91 Å². The number of amides is 2. The van der Waals surface area contributed by atoms with Crippen LogP contribution in [0.25, 0.3) is 0 Å². The first-order chi connectivity index (χ1) is 12.0. The molecular formula is C17H20ClN3O2S2. The van der Waals surface area contributed by atoms with Crippen molar-refractivity contribution >= 4 is 46.1 Å². The quantitative estimate of drug-likeness (QED) is 0.779. The van der Waals surface area contributed by atoms with Crippen LogP contribution in [0.1, 0.15) is 14.5 Å². The van der Waals surface area contributed by atoms with Crippen LogP contribution in [0, 0.1) is 0 Å². The number of likely N-dealkylation sites (N-methyl/N-ethyl adjacent to an activating group) is 1. The fourth-order valence-corrected chi connectivity index (χ4v) is 4.66. The van der Waals surface area contributed by atoms with Crippen molar-refractivity contribution in [1.82, 2.24) is 14.7 Å². The molecule has 5 nitrogen and oxygen atoms in total. The van der Waals surface area contributed by atoms with Gasteiger partial charge in [-0.25, -0.2) is 0 Å². The molecule has 134 valence electrons. The highest BCUT2D eigenvalue weighted by atomic mass is 35.5. The van der Waals surface area contributed by atoms with Gasteiger partial charge < -0.3 is 9.80 Å². The van der Waals surface area contributed by atoms with Crippen LogP contribution in [0.3, 0.4) is 0 Å². The number of hydrogen-bond acceptors (Lipinski definition) is 5. The first kappa shape index (κ1) is 18.4. The van der Waals surface area contributed by atoms with E-state index in [1.54, 1.807) is 0 Å². The molecule has 0 N–H and O–H groups in total. The van der Waals surface area contributed by atoms with Crippen LogP contribution >= 0.6 is 34.3 Å². The summed E-state index contributed by atoms with van der Waals surface area (Å²) in [6.45, 7) is 3.44. The maximum atomic E-state index is 12.5. The standard InChI is InChI=1S/C17H20ClN3O2S2/c1-19(11-13-4-5-15(18)25-13)12-16(22)20-6-8-21(9-7-20)17(23)14-3-2-10-24-14/h2-5,10H,6-9,11-12H2,1H3. The number of piperazine rings is 1. The van der Waals surface area contributed by atoms with Gasteiger partial charge in [-0.05, 0) is 30.6 Å². The highest BCUT2D eigenvalue weighted by Gasteiger charge is 2.25. The SMILES string of the molecule is CN(CC(=O)N1CCN(C(=O)c2cccs2)CC1)Cc1ccc(Cl)s1. The molecule has 25 heavy (non-hydrogen) atoms. The molecule has 0 saturated carbocycles. The summed E-state index contributed by atoms with van der Waals surface area (Å²) in [6.07, 6.45) is 0. The molecule has 1 aliphatic rings. The molecule has 0 atom stereocenters. The van der Waals surface area contributed by atoms with Gasteiger partial charge in [-0.3, -0.25) is 14.5 Å². The molecule has 1 aliphatic heterocycles. The van der Waals surface area contributed by atoms with Gasteiger partial charge in [-0.15, -0.1) is 22.7 Å². The zero-order chi connectivity index (χ0) is 17.8. The summed E-state index contributed by atoms with van der Waals surface area (Å²) >= 11 is 8.93.